The molecule has 0 heterocycles. The number of para-hydroxylation sites is 1. The van der Waals surface area contributed by atoms with Crippen LogP contribution in [0.1, 0.15) is 49.2 Å². The first-order valence-electron chi connectivity index (χ1n) is 9.35. The highest BCUT2D eigenvalue weighted by atomic mass is 16.6. The molecule has 0 aliphatic rings. The summed E-state index contributed by atoms with van der Waals surface area (Å²) < 4.78 is 10.5. The summed E-state index contributed by atoms with van der Waals surface area (Å²) in [5, 5.41) is 3.04. The van der Waals surface area contributed by atoms with Gasteiger partial charge in [-0.3, -0.25) is 4.79 Å². The number of hydrogen-bond donors (Lipinski definition) is 1. The monoisotopic (exact) mass is 369 g/mol. The Kier molecular flexibility index (Phi) is 7.41. The minimum absolute atomic E-state index is 0.171. The van der Waals surface area contributed by atoms with Crippen molar-refractivity contribution in [2.45, 2.75) is 46.6 Å². The smallest absolute Gasteiger partial charge is 0.347 e. The molecule has 0 saturated heterocycles. The molecule has 0 saturated carbocycles. The second-order valence-electron chi connectivity index (χ2n) is 6.15. The molecule has 2 aromatic carbocycles. The van der Waals surface area contributed by atoms with Crippen molar-refractivity contribution >= 4 is 17.6 Å². The van der Waals surface area contributed by atoms with E-state index in [9.17, 15) is 9.59 Å². The van der Waals surface area contributed by atoms with Gasteiger partial charge in [-0.05, 0) is 62.1 Å². The van der Waals surface area contributed by atoms with Crippen LogP contribution in [0.3, 0.4) is 0 Å². The highest BCUT2D eigenvalue weighted by Gasteiger charge is 2.16. The average molecular weight is 369 g/mol. The molecule has 27 heavy (non-hydrogen) atoms. The minimum atomic E-state index is -0.701. The number of ether oxygens (including phenoxy) is 2. The summed E-state index contributed by atoms with van der Waals surface area (Å²) >= 11 is 0. The molecule has 144 valence electrons. The topological polar surface area (TPSA) is 64.6 Å². The first kappa shape index (κ1) is 20.5. The normalized spacial score (nSPS) is 11.6. The molecule has 0 radical (unpaired) electrons. The molecule has 2 aromatic rings. The summed E-state index contributed by atoms with van der Waals surface area (Å²) in [4.78, 5) is 24.3. The van der Waals surface area contributed by atoms with E-state index >= 15 is 0 Å². The number of esters is 1. The minimum Gasteiger partial charge on any atom is -0.479 e. The number of amides is 1. The van der Waals surface area contributed by atoms with Gasteiger partial charge in [0.2, 0.25) is 0 Å². The molecule has 1 N–H and O–H groups in total. The van der Waals surface area contributed by atoms with Crippen LogP contribution in [0.5, 0.6) is 5.75 Å². The van der Waals surface area contributed by atoms with Crippen molar-refractivity contribution in [3.05, 3.63) is 59.2 Å². The third kappa shape index (κ3) is 5.33. The summed E-state index contributed by atoms with van der Waals surface area (Å²) in [5.74, 6) is -0.0755. The lowest BCUT2D eigenvalue weighted by Gasteiger charge is -2.15. The second kappa shape index (κ2) is 9.76. The van der Waals surface area contributed by atoms with E-state index in [0.29, 0.717) is 17.9 Å². The van der Waals surface area contributed by atoms with Gasteiger partial charge in [-0.1, -0.05) is 32.0 Å². The molecule has 1 amide bonds. The Morgan fingerprint density at radius 3 is 2.07 bits per heavy atom. The van der Waals surface area contributed by atoms with E-state index in [-0.39, 0.29) is 5.91 Å². The number of benzene rings is 2. The number of anilines is 1. The van der Waals surface area contributed by atoms with Gasteiger partial charge in [-0.15, -0.1) is 0 Å². The molecule has 0 unspecified atom stereocenters. The highest BCUT2D eigenvalue weighted by Crippen LogP contribution is 2.24. The van der Waals surface area contributed by atoms with Crippen LogP contribution >= 0.6 is 0 Å². The van der Waals surface area contributed by atoms with Crippen LogP contribution in [-0.4, -0.2) is 24.6 Å². The van der Waals surface area contributed by atoms with Crippen LogP contribution in [0.2, 0.25) is 0 Å². The number of aryl methyl sites for hydroxylation is 2. The van der Waals surface area contributed by atoms with Crippen molar-refractivity contribution in [1.82, 2.24) is 0 Å². The summed E-state index contributed by atoms with van der Waals surface area (Å²) in [6.45, 7) is 7.83. The molecular weight excluding hydrogens is 342 g/mol. The summed E-state index contributed by atoms with van der Waals surface area (Å²) in [6, 6.07) is 12.8. The van der Waals surface area contributed by atoms with Gasteiger partial charge in [0.25, 0.3) is 5.91 Å². The lowest BCUT2D eigenvalue weighted by atomic mass is 10.0. The van der Waals surface area contributed by atoms with Gasteiger partial charge < -0.3 is 14.8 Å². The zero-order valence-corrected chi connectivity index (χ0v) is 16.4. The van der Waals surface area contributed by atoms with Gasteiger partial charge in [0, 0.05) is 11.3 Å². The molecule has 1 atom stereocenters. The SMILES string of the molecule is CCOC(=O)[C@H](C)Oc1ccc(C(=O)Nc2c(CC)cccc2CC)cc1. The van der Waals surface area contributed by atoms with Gasteiger partial charge in [-0.25, -0.2) is 4.79 Å². The number of nitrogens with one attached hydrogen (secondary N) is 1. The molecule has 0 aliphatic carbocycles. The van der Waals surface area contributed by atoms with Crippen molar-refractivity contribution in [1.29, 1.82) is 0 Å². The summed E-state index contributed by atoms with van der Waals surface area (Å²) in [6.07, 6.45) is 0.998. The van der Waals surface area contributed by atoms with Crippen molar-refractivity contribution in [3.63, 3.8) is 0 Å². The van der Waals surface area contributed by atoms with E-state index in [0.717, 1.165) is 29.7 Å². The quantitative estimate of drug-likeness (QED) is 0.701. The molecule has 5 heteroatoms. The maximum Gasteiger partial charge on any atom is 0.347 e. The molecule has 0 spiro atoms. The zero-order valence-electron chi connectivity index (χ0n) is 16.4. The van der Waals surface area contributed by atoms with Crippen molar-refractivity contribution in [2.24, 2.45) is 0 Å². The van der Waals surface area contributed by atoms with Crippen molar-refractivity contribution < 1.29 is 19.1 Å². The van der Waals surface area contributed by atoms with Crippen LogP contribution < -0.4 is 10.1 Å². The lowest BCUT2D eigenvalue weighted by Crippen LogP contribution is -2.26. The van der Waals surface area contributed by atoms with Crippen LogP contribution in [0, 0.1) is 0 Å². The maximum atomic E-state index is 12.7. The van der Waals surface area contributed by atoms with Crippen LogP contribution in [0.15, 0.2) is 42.5 Å². The van der Waals surface area contributed by atoms with E-state index in [1.807, 2.05) is 18.2 Å². The fraction of sp³-hybridized carbons (Fsp3) is 0.364. The van der Waals surface area contributed by atoms with Gasteiger partial charge in [0.15, 0.2) is 6.10 Å². The number of rotatable bonds is 8. The largest absolute Gasteiger partial charge is 0.479 e. The first-order valence-corrected chi connectivity index (χ1v) is 9.35. The Labute approximate surface area is 160 Å². The fourth-order valence-electron chi connectivity index (χ4n) is 2.79. The zero-order chi connectivity index (χ0) is 19.8. The Bertz CT molecular complexity index is 761. The van der Waals surface area contributed by atoms with Crippen molar-refractivity contribution in [3.8, 4) is 5.75 Å². The van der Waals surface area contributed by atoms with E-state index in [1.54, 1.807) is 38.1 Å². The standard InChI is InChI=1S/C22H27NO4/c1-5-16-9-8-10-17(6-2)20(16)23-21(24)18-11-13-19(14-12-18)27-15(4)22(25)26-7-3/h8-15H,5-7H2,1-4H3,(H,23,24)/t15-/m0/s1. The van der Waals surface area contributed by atoms with E-state index in [2.05, 4.69) is 19.2 Å². The highest BCUT2D eigenvalue weighted by molar-refractivity contribution is 6.05. The number of hydrogen-bond acceptors (Lipinski definition) is 4. The van der Waals surface area contributed by atoms with Gasteiger partial charge in [0.05, 0.1) is 6.61 Å². The third-order valence-corrected chi connectivity index (χ3v) is 4.29. The Hall–Kier alpha value is -2.82. The molecule has 0 aromatic heterocycles. The van der Waals surface area contributed by atoms with Crippen LogP contribution in [0.4, 0.5) is 5.69 Å². The Morgan fingerprint density at radius 2 is 1.56 bits per heavy atom. The summed E-state index contributed by atoms with van der Waals surface area (Å²) in [7, 11) is 0. The lowest BCUT2D eigenvalue weighted by molar-refractivity contribution is -0.150. The number of carbonyl (C=O) groups is 2. The second-order valence-corrected chi connectivity index (χ2v) is 6.15. The molecule has 2 rings (SSSR count). The van der Waals surface area contributed by atoms with E-state index in [4.69, 9.17) is 9.47 Å². The van der Waals surface area contributed by atoms with Gasteiger partial charge in [0.1, 0.15) is 5.75 Å². The van der Waals surface area contributed by atoms with Gasteiger partial charge >= 0.3 is 5.97 Å². The Balaban J connectivity index is 2.09. The average Bonchev–Trinajstić information content (AvgIpc) is 2.68. The predicted octanol–water partition coefficient (Wildman–Crippen LogP) is 4.39. The molecule has 0 bridgehead atoms. The van der Waals surface area contributed by atoms with Crippen molar-refractivity contribution in [2.75, 3.05) is 11.9 Å². The first-order chi connectivity index (χ1) is 13.0. The fourth-order valence-corrected chi connectivity index (χ4v) is 2.79. The molecule has 5 nitrogen and oxygen atoms in total. The van der Waals surface area contributed by atoms with E-state index in [1.165, 1.54) is 0 Å². The van der Waals surface area contributed by atoms with Crippen LogP contribution in [0.25, 0.3) is 0 Å². The number of carbonyl (C=O) groups excluding carboxylic acids is 2. The predicted molar refractivity (Wildman–Crippen MR) is 106 cm³/mol. The summed E-state index contributed by atoms with van der Waals surface area (Å²) in [5.41, 5.74) is 3.65. The molecular formula is C22H27NO4. The van der Waals surface area contributed by atoms with E-state index < -0.39 is 12.1 Å². The third-order valence-electron chi connectivity index (χ3n) is 4.29. The molecule has 0 aliphatic heterocycles. The van der Waals surface area contributed by atoms with Crippen LogP contribution in [-0.2, 0) is 22.4 Å². The van der Waals surface area contributed by atoms with Gasteiger partial charge in [-0.2, -0.15) is 0 Å². The molecule has 0 fully saturated rings. The maximum absolute atomic E-state index is 12.7. The Morgan fingerprint density at radius 1 is 0.963 bits per heavy atom.